The number of ether oxygens (including phenoxy) is 2. The van der Waals surface area contributed by atoms with Gasteiger partial charge in [-0.2, -0.15) is 0 Å². The summed E-state index contributed by atoms with van der Waals surface area (Å²) in [5.41, 5.74) is 0.163. The van der Waals surface area contributed by atoms with Crippen molar-refractivity contribution in [1.29, 1.82) is 0 Å². The maximum Gasteiger partial charge on any atom is 0.343 e. The Morgan fingerprint density at radius 1 is 0.889 bits per heavy atom. The molecule has 0 aliphatic heterocycles. The highest BCUT2D eigenvalue weighted by Gasteiger charge is 2.12. The first-order chi connectivity index (χ1) is 13.2. The average molecular weight is 372 g/mol. The molecule has 146 valence electrons. The van der Waals surface area contributed by atoms with Gasteiger partial charge >= 0.3 is 5.97 Å². The third-order valence-electron chi connectivity index (χ3n) is 4.38. The second-order valence-corrected chi connectivity index (χ2v) is 6.67. The Labute approximate surface area is 161 Å². The molecule has 0 amide bonds. The van der Waals surface area contributed by atoms with Crippen molar-refractivity contribution in [3.8, 4) is 11.5 Å². The number of carbonyl (C=O) groups excluding carboxylic acids is 1. The van der Waals surface area contributed by atoms with Gasteiger partial charge < -0.3 is 9.47 Å². The molecule has 0 N–H and O–H groups in total. The number of benzene rings is 2. The lowest BCUT2D eigenvalue weighted by molar-refractivity contribution is 0.0734. The van der Waals surface area contributed by atoms with Crippen molar-refractivity contribution in [1.82, 2.24) is 0 Å². The molecule has 0 radical (unpaired) electrons. The number of para-hydroxylation sites is 1. The van der Waals surface area contributed by atoms with Gasteiger partial charge in [-0.1, -0.05) is 70.1 Å². The van der Waals surface area contributed by atoms with Gasteiger partial charge in [0.1, 0.15) is 5.75 Å². The van der Waals surface area contributed by atoms with E-state index in [4.69, 9.17) is 9.47 Å². The minimum absolute atomic E-state index is 0.163. The van der Waals surface area contributed by atoms with Crippen LogP contribution in [-0.2, 0) is 0 Å². The molecular weight excluding hydrogens is 343 g/mol. The van der Waals surface area contributed by atoms with E-state index in [0.717, 1.165) is 18.9 Å². The van der Waals surface area contributed by atoms with Crippen molar-refractivity contribution >= 4 is 5.97 Å². The number of hydrogen-bond acceptors (Lipinski definition) is 3. The molecule has 3 nitrogen and oxygen atoms in total. The molecule has 0 fully saturated rings. The van der Waals surface area contributed by atoms with Gasteiger partial charge in [-0.3, -0.25) is 0 Å². The summed E-state index contributed by atoms with van der Waals surface area (Å²) in [4.78, 5) is 12.1. The quantitative estimate of drug-likeness (QED) is 0.240. The highest BCUT2D eigenvalue weighted by Crippen LogP contribution is 2.20. The molecule has 0 atom stereocenters. The fourth-order valence-electron chi connectivity index (χ4n) is 2.82. The second-order valence-electron chi connectivity index (χ2n) is 6.67. The van der Waals surface area contributed by atoms with Crippen LogP contribution >= 0.6 is 0 Å². The number of hydrogen-bond donors (Lipinski definition) is 0. The number of rotatable bonds is 12. The Bertz CT molecular complexity index is 685. The molecule has 0 bridgehead atoms. The summed E-state index contributed by atoms with van der Waals surface area (Å²) in [5, 5.41) is 0. The first kappa shape index (κ1) is 20.9. The zero-order valence-corrected chi connectivity index (χ0v) is 16.1. The summed E-state index contributed by atoms with van der Waals surface area (Å²) in [7, 11) is 0. The molecule has 2 aromatic carbocycles. The highest BCUT2D eigenvalue weighted by molar-refractivity contribution is 5.91. The van der Waals surface area contributed by atoms with Crippen LogP contribution < -0.4 is 9.47 Å². The van der Waals surface area contributed by atoms with Crippen molar-refractivity contribution in [2.45, 2.75) is 58.3 Å². The van der Waals surface area contributed by atoms with Crippen LogP contribution in [0.5, 0.6) is 11.5 Å². The highest BCUT2D eigenvalue weighted by atomic mass is 19.1. The third-order valence-corrected chi connectivity index (χ3v) is 4.38. The molecule has 27 heavy (non-hydrogen) atoms. The number of carbonyl (C=O) groups is 1. The summed E-state index contributed by atoms with van der Waals surface area (Å²) >= 11 is 0. The van der Waals surface area contributed by atoms with Crippen molar-refractivity contribution < 1.29 is 18.7 Å². The molecule has 4 heteroatoms. The van der Waals surface area contributed by atoms with E-state index in [-0.39, 0.29) is 11.3 Å². The van der Waals surface area contributed by atoms with E-state index in [2.05, 4.69) is 6.92 Å². The van der Waals surface area contributed by atoms with E-state index in [0.29, 0.717) is 12.4 Å². The Balaban J connectivity index is 1.70. The Kier molecular flexibility index (Phi) is 9.39. The summed E-state index contributed by atoms with van der Waals surface area (Å²) < 4.78 is 24.9. The first-order valence-electron chi connectivity index (χ1n) is 9.90. The molecule has 0 aromatic heterocycles. The minimum Gasteiger partial charge on any atom is -0.491 e. The zero-order valence-electron chi connectivity index (χ0n) is 16.1. The van der Waals surface area contributed by atoms with Crippen molar-refractivity contribution in [3.63, 3.8) is 0 Å². The van der Waals surface area contributed by atoms with Gasteiger partial charge in [-0.15, -0.1) is 0 Å². The van der Waals surface area contributed by atoms with Crippen LogP contribution in [0.4, 0.5) is 4.39 Å². The van der Waals surface area contributed by atoms with E-state index in [1.807, 2.05) is 6.07 Å². The average Bonchev–Trinajstić information content (AvgIpc) is 2.68. The maximum atomic E-state index is 14.2. The molecule has 2 rings (SSSR count). The summed E-state index contributed by atoms with van der Waals surface area (Å²) in [6.07, 6.45) is 9.65. The molecule has 0 spiro atoms. The summed E-state index contributed by atoms with van der Waals surface area (Å²) in [6.45, 7) is 2.70. The van der Waals surface area contributed by atoms with E-state index in [9.17, 15) is 9.18 Å². The van der Waals surface area contributed by atoms with Gasteiger partial charge in [0, 0.05) is 0 Å². The molecule has 0 aliphatic rings. The topological polar surface area (TPSA) is 35.5 Å². The lowest BCUT2D eigenvalue weighted by Crippen LogP contribution is -2.09. The van der Waals surface area contributed by atoms with Gasteiger partial charge in [-0.05, 0) is 36.8 Å². The van der Waals surface area contributed by atoms with Gasteiger partial charge in [0.05, 0.1) is 12.2 Å². The molecule has 2 aromatic rings. The van der Waals surface area contributed by atoms with Gasteiger partial charge in [0.2, 0.25) is 0 Å². The van der Waals surface area contributed by atoms with Gasteiger partial charge in [-0.25, -0.2) is 9.18 Å². The standard InChI is InChI=1S/C23H29FO3/c1-2-3-4-5-6-7-8-12-17-26-22-16-15-19(18-21(22)24)23(25)27-20-13-10-9-11-14-20/h9-11,13-16,18H,2-8,12,17H2,1H3. The predicted molar refractivity (Wildman–Crippen MR) is 106 cm³/mol. The van der Waals surface area contributed by atoms with E-state index in [1.54, 1.807) is 24.3 Å². The molecule has 0 saturated carbocycles. The largest absolute Gasteiger partial charge is 0.491 e. The smallest absolute Gasteiger partial charge is 0.343 e. The van der Waals surface area contributed by atoms with Crippen molar-refractivity contribution in [2.24, 2.45) is 0 Å². The lowest BCUT2D eigenvalue weighted by Gasteiger charge is -2.09. The third kappa shape index (κ3) is 7.81. The number of halogens is 1. The van der Waals surface area contributed by atoms with E-state index < -0.39 is 11.8 Å². The van der Waals surface area contributed by atoms with Crippen molar-refractivity contribution in [3.05, 3.63) is 59.9 Å². The summed E-state index contributed by atoms with van der Waals surface area (Å²) in [5.74, 6) is -0.529. The maximum absolute atomic E-state index is 14.2. The van der Waals surface area contributed by atoms with Crippen molar-refractivity contribution in [2.75, 3.05) is 6.61 Å². The van der Waals surface area contributed by atoms with Crippen LogP contribution in [0.1, 0.15) is 68.6 Å². The van der Waals surface area contributed by atoms with Crippen LogP contribution in [0.2, 0.25) is 0 Å². The Morgan fingerprint density at radius 3 is 2.22 bits per heavy atom. The van der Waals surface area contributed by atoms with Crippen LogP contribution in [0.15, 0.2) is 48.5 Å². The Morgan fingerprint density at radius 2 is 1.56 bits per heavy atom. The normalized spacial score (nSPS) is 10.6. The lowest BCUT2D eigenvalue weighted by atomic mass is 10.1. The molecule has 0 unspecified atom stereocenters. The monoisotopic (exact) mass is 372 g/mol. The van der Waals surface area contributed by atoms with Crippen LogP contribution in [-0.4, -0.2) is 12.6 Å². The van der Waals surface area contributed by atoms with E-state index >= 15 is 0 Å². The molecule has 0 saturated heterocycles. The molecule has 0 heterocycles. The predicted octanol–water partition coefficient (Wildman–Crippen LogP) is 6.56. The molecular formula is C23H29FO3. The SMILES string of the molecule is CCCCCCCCCCOc1ccc(C(=O)Oc2ccccc2)cc1F. The second kappa shape index (κ2) is 12.1. The first-order valence-corrected chi connectivity index (χ1v) is 9.90. The fraction of sp³-hybridized carbons (Fsp3) is 0.435. The fourth-order valence-corrected chi connectivity index (χ4v) is 2.82. The van der Waals surface area contributed by atoms with Gasteiger partial charge in [0.15, 0.2) is 11.6 Å². The van der Waals surface area contributed by atoms with Crippen LogP contribution in [0, 0.1) is 5.82 Å². The minimum atomic E-state index is -0.588. The van der Waals surface area contributed by atoms with Crippen LogP contribution in [0.25, 0.3) is 0 Å². The van der Waals surface area contributed by atoms with Gasteiger partial charge in [0.25, 0.3) is 0 Å². The van der Waals surface area contributed by atoms with E-state index in [1.165, 1.54) is 50.7 Å². The number of unbranched alkanes of at least 4 members (excludes halogenated alkanes) is 7. The molecule has 0 aliphatic carbocycles. The summed E-state index contributed by atoms with van der Waals surface area (Å²) in [6, 6.07) is 12.9. The van der Waals surface area contributed by atoms with Crippen LogP contribution in [0.3, 0.4) is 0 Å². The number of esters is 1. The Hall–Kier alpha value is -2.36. The zero-order chi connectivity index (χ0) is 19.3.